The number of carbonyl (C=O) groups excluding carboxylic acids is 2. The Bertz CT molecular complexity index is 623. The fraction of sp³-hybridized carbons (Fsp3) is 0.812. The van der Waals surface area contributed by atoms with E-state index in [1.807, 2.05) is 23.5 Å². The molecule has 1 fully saturated rings. The Balaban J connectivity index is 2.17. The molecule has 0 bridgehead atoms. The lowest BCUT2D eigenvalue weighted by Crippen LogP contribution is -2.36. The van der Waals surface area contributed by atoms with Gasteiger partial charge in [-0.25, -0.2) is 0 Å². The van der Waals surface area contributed by atoms with Crippen LogP contribution in [-0.4, -0.2) is 97.2 Å². The van der Waals surface area contributed by atoms with Crippen LogP contribution in [0.25, 0.3) is 0 Å². The van der Waals surface area contributed by atoms with E-state index in [1.165, 1.54) is 38.5 Å². The van der Waals surface area contributed by atoms with Gasteiger partial charge in [-0.05, 0) is 88.8 Å². The van der Waals surface area contributed by atoms with Crippen molar-refractivity contribution in [2.24, 2.45) is 0 Å². The molecule has 0 aliphatic carbocycles. The van der Waals surface area contributed by atoms with Crippen LogP contribution in [-0.2, 0) is 19.1 Å². The van der Waals surface area contributed by atoms with E-state index in [2.05, 4.69) is 48.0 Å². The Morgan fingerprint density at radius 3 is 1.68 bits per heavy atom. The fourth-order valence-corrected chi connectivity index (χ4v) is 6.03. The van der Waals surface area contributed by atoms with Crippen molar-refractivity contribution in [3.8, 4) is 0 Å². The largest absolute Gasteiger partial charge is 0.465 e. The van der Waals surface area contributed by atoms with Gasteiger partial charge in [-0.15, -0.1) is 0 Å². The number of hydrogen-bond donors (Lipinski definition) is 0. The van der Waals surface area contributed by atoms with Crippen molar-refractivity contribution in [2.75, 3.05) is 75.5 Å². The predicted octanol–water partition coefficient (Wildman–Crippen LogP) is 6.99. The lowest BCUT2D eigenvalue weighted by molar-refractivity contribution is -0.143. The van der Waals surface area contributed by atoms with Gasteiger partial charge >= 0.3 is 11.9 Å². The van der Waals surface area contributed by atoms with Crippen LogP contribution in [0.5, 0.6) is 0 Å². The maximum absolute atomic E-state index is 12.3. The van der Waals surface area contributed by atoms with Crippen molar-refractivity contribution in [2.45, 2.75) is 90.9 Å². The average molecular weight is 599 g/mol. The summed E-state index contributed by atoms with van der Waals surface area (Å²) in [6.07, 6.45) is 21.6. The fourth-order valence-electron chi connectivity index (χ4n) is 4.40. The third kappa shape index (κ3) is 23.7. The summed E-state index contributed by atoms with van der Waals surface area (Å²) in [6.45, 7) is 10.7. The van der Waals surface area contributed by atoms with Crippen molar-refractivity contribution >= 4 is 35.5 Å². The summed E-state index contributed by atoms with van der Waals surface area (Å²) in [5.74, 6) is 3.67. The number of ether oxygens (including phenoxy) is 2. The molecule has 1 aliphatic rings. The van der Waals surface area contributed by atoms with Gasteiger partial charge in [-0.3, -0.25) is 9.59 Å². The van der Waals surface area contributed by atoms with Gasteiger partial charge in [0.25, 0.3) is 0 Å². The van der Waals surface area contributed by atoms with E-state index in [1.54, 1.807) is 0 Å². The maximum atomic E-state index is 12.3. The standard InChI is InChI=1S/C32H58N2O4S2/c1-3-5-7-9-11-15-27-39-29-25-37-31(35)17-21-34(24-23-33-19-13-14-20-33)22-18-32(36)38-26-30-40-28-16-12-10-8-6-4-2/h5-8H,3-4,9-30H2,1-2H3/b7-5-,8-6-. The van der Waals surface area contributed by atoms with E-state index in [-0.39, 0.29) is 11.9 Å². The molecule has 0 atom stereocenters. The predicted molar refractivity (Wildman–Crippen MR) is 174 cm³/mol. The first-order valence-corrected chi connectivity index (χ1v) is 18.2. The van der Waals surface area contributed by atoms with Gasteiger partial charge in [0.05, 0.1) is 12.8 Å². The number of likely N-dealkylation sites (tertiary alicyclic amines) is 1. The van der Waals surface area contributed by atoms with Crippen LogP contribution < -0.4 is 0 Å². The molecule has 0 amide bonds. The van der Waals surface area contributed by atoms with Gasteiger partial charge in [0, 0.05) is 37.7 Å². The molecular formula is C32H58N2O4S2. The number of allylic oxidation sites excluding steroid dienone is 4. The Morgan fingerprint density at radius 2 is 1.20 bits per heavy atom. The zero-order chi connectivity index (χ0) is 28.9. The van der Waals surface area contributed by atoms with E-state index in [0.717, 1.165) is 74.9 Å². The molecule has 0 unspecified atom stereocenters. The molecule has 232 valence electrons. The second-order valence-electron chi connectivity index (χ2n) is 10.3. The number of thioether (sulfide) groups is 2. The van der Waals surface area contributed by atoms with Crippen LogP contribution >= 0.6 is 23.5 Å². The summed E-state index contributed by atoms with van der Waals surface area (Å²) in [7, 11) is 0. The summed E-state index contributed by atoms with van der Waals surface area (Å²) in [5, 5.41) is 0. The van der Waals surface area contributed by atoms with E-state index >= 15 is 0 Å². The zero-order valence-electron chi connectivity index (χ0n) is 25.6. The van der Waals surface area contributed by atoms with E-state index in [4.69, 9.17) is 9.47 Å². The van der Waals surface area contributed by atoms with Gasteiger partial charge in [0.1, 0.15) is 13.2 Å². The van der Waals surface area contributed by atoms with Crippen LogP contribution in [0.4, 0.5) is 0 Å². The molecule has 0 aromatic carbocycles. The van der Waals surface area contributed by atoms with Crippen molar-refractivity contribution in [3.63, 3.8) is 0 Å². The molecule has 6 nitrogen and oxygen atoms in total. The summed E-state index contributed by atoms with van der Waals surface area (Å²) in [6, 6.07) is 0. The summed E-state index contributed by atoms with van der Waals surface area (Å²) in [4.78, 5) is 29.3. The first-order valence-electron chi connectivity index (χ1n) is 15.9. The summed E-state index contributed by atoms with van der Waals surface area (Å²) in [5.41, 5.74) is 0. The quantitative estimate of drug-likeness (QED) is 0.0570. The van der Waals surface area contributed by atoms with Crippen LogP contribution in [0.15, 0.2) is 24.3 Å². The normalized spacial score (nSPS) is 14.2. The van der Waals surface area contributed by atoms with Crippen LogP contribution in [0.2, 0.25) is 0 Å². The Kier molecular flexibility index (Phi) is 26.1. The van der Waals surface area contributed by atoms with Gasteiger partial charge < -0.3 is 19.3 Å². The molecule has 8 heteroatoms. The molecule has 0 radical (unpaired) electrons. The van der Waals surface area contributed by atoms with Gasteiger partial charge in [-0.1, -0.05) is 38.2 Å². The number of carbonyl (C=O) groups is 2. The number of nitrogens with zero attached hydrogens (tertiary/aromatic N) is 2. The summed E-state index contributed by atoms with van der Waals surface area (Å²) >= 11 is 3.72. The third-order valence-electron chi connectivity index (χ3n) is 6.80. The first kappa shape index (κ1) is 37.1. The molecular weight excluding hydrogens is 540 g/mol. The highest BCUT2D eigenvalue weighted by Gasteiger charge is 2.16. The van der Waals surface area contributed by atoms with Gasteiger partial charge in [0.2, 0.25) is 0 Å². The van der Waals surface area contributed by atoms with Gasteiger partial charge in [-0.2, -0.15) is 23.5 Å². The minimum atomic E-state index is -0.141. The Hall–Kier alpha value is -0.960. The molecule has 1 rings (SSSR count). The minimum Gasteiger partial charge on any atom is -0.465 e. The summed E-state index contributed by atoms with van der Waals surface area (Å²) < 4.78 is 10.9. The van der Waals surface area contributed by atoms with Crippen molar-refractivity contribution < 1.29 is 19.1 Å². The number of esters is 2. The van der Waals surface area contributed by atoms with Crippen LogP contribution in [0, 0.1) is 0 Å². The molecule has 0 N–H and O–H groups in total. The van der Waals surface area contributed by atoms with Crippen LogP contribution in [0.1, 0.15) is 90.9 Å². The Labute approximate surface area is 254 Å². The second-order valence-corrected chi connectivity index (χ2v) is 12.8. The molecule has 0 spiro atoms. The van der Waals surface area contributed by atoms with Crippen LogP contribution in [0.3, 0.4) is 0 Å². The molecule has 0 aromatic rings. The smallest absolute Gasteiger partial charge is 0.307 e. The molecule has 1 heterocycles. The highest BCUT2D eigenvalue weighted by molar-refractivity contribution is 7.99. The SMILES string of the molecule is CC/C=C\CCCCSCCOC(=O)CCN(CCC(=O)OCCSCCCC/C=C\CC)CCN1CCCC1. The molecule has 0 saturated carbocycles. The first-order chi connectivity index (χ1) is 19.7. The lowest BCUT2D eigenvalue weighted by atomic mass is 10.2. The lowest BCUT2D eigenvalue weighted by Gasteiger charge is -2.24. The molecule has 1 aliphatic heterocycles. The third-order valence-corrected chi connectivity index (χ3v) is 8.87. The number of hydrogen-bond acceptors (Lipinski definition) is 8. The zero-order valence-corrected chi connectivity index (χ0v) is 27.3. The minimum absolute atomic E-state index is 0.141. The number of unbranched alkanes of at least 4 members (excludes halogenated alkanes) is 4. The Morgan fingerprint density at radius 1 is 0.700 bits per heavy atom. The highest BCUT2D eigenvalue weighted by Crippen LogP contribution is 2.10. The molecule has 0 aromatic heterocycles. The second kappa shape index (κ2) is 28.2. The number of rotatable bonds is 27. The maximum Gasteiger partial charge on any atom is 0.307 e. The molecule has 1 saturated heterocycles. The average Bonchev–Trinajstić information content (AvgIpc) is 3.48. The van der Waals surface area contributed by atoms with E-state index < -0.39 is 0 Å². The molecule has 40 heavy (non-hydrogen) atoms. The van der Waals surface area contributed by atoms with Crippen molar-refractivity contribution in [1.82, 2.24) is 9.80 Å². The highest BCUT2D eigenvalue weighted by atomic mass is 32.2. The van der Waals surface area contributed by atoms with Gasteiger partial charge in [0.15, 0.2) is 0 Å². The van der Waals surface area contributed by atoms with Crippen molar-refractivity contribution in [1.29, 1.82) is 0 Å². The van der Waals surface area contributed by atoms with E-state index in [9.17, 15) is 9.59 Å². The van der Waals surface area contributed by atoms with Crippen molar-refractivity contribution in [3.05, 3.63) is 24.3 Å². The monoisotopic (exact) mass is 598 g/mol. The van der Waals surface area contributed by atoms with E-state index in [0.29, 0.717) is 39.1 Å². The topological polar surface area (TPSA) is 59.1 Å².